The molecule has 1 fully saturated rings. The largest absolute Gasteiger partial charge is 0.480 e. The quantitative estimate of drug-likeness (QED) is 0.619. The average Bonchev–Trinajstić information content (AvgIpc) is 2.90. The molecular formula is C12H18N4O6S. The normalized spacial score (nSPS) is 21.0. The van der Waals surface area contributed by atoms with Crippen LogP contribution in [0.25, 0.3) is 0 Å². The monoisotopic (exact) mass is 346 g/mol. The summed E-state index contributed by atoms with van der Waals surface area (Å²) < 4.78 is 29.1. The van der Waals surface area contributed by atoms with E-state index in [1.807, 2.05) is 0 Å². The number of rotatable bonds is 6. The van der Waals surface area contributed by atoms with Crippen LogP contribution in [0.4, 0.5) is 0 Å². The summed E-state index contributed by atoms with van der Waals surface area (Å²) in [6.45, 7) is 0.0318. The Morgan fingerprint density at radius 3 is 2.61 bits per heavy atom. The molecule has 2 rings (SSSR count). The van der Waals surface area contributed by atoms with Gasteiger partial charge in [0.1, 0.15) is 6.04 Å². The first-order valence-corrected chi connectivity index (χ1v) is 8.40. The van der Waals surface area contributed by atoms with Gasteiger partial charge < -0.3 is 10.2 Å². The topological polar surface area (TPSA) is 142 Å². The highest BCUT2D eigenvalue weighted by atomic mass is 32.2. The Hall–Kier alpha value is -1.98. The maximum Gasteiger partial charge on any atom is 0.327 e. The number of aromatic nitrogens is 2. The lowest BCUT2D eigenvalue weighted by Gasteiger charge is -2.32. The summed E-state index contributed by atoms with van der Waals surface area (Å²) in [7, 11) is -2.80. The SMILES string of the molecule is Cn1nccc1C(NS(=O)(=O)N1CCCCC1C(=O)O)C(=O)O. The summed E-state index contributed by atoms with van der Waals surface area (Å²) in [4.78, 5) is 22.7. The highest BCUT2D eigenvalue weighted by Gasteiger charge is 2.39. The van der Waals surface area contributed by atoms with E-state index in [0.29, 0.717) is 12.8 Å². The third kappa shape index (κ3) is 3.68. The first-order valence-electron chi connectivity index (χ1n) is 6.96. The Kier molecular flexibility index (Phi) is 5.02. The van der Waals surface area contributed by atoms with Crippen LogP contribution in [0.5, 0.6) is 0 Å². The van der Waals surface area contributed by atoms with E-state index >= 15 is 0 Å². The van der Waals surface area contributed by atoms with Crippen LogP contribution < -0.4 is 4.72 Å². The third-order valence-corrected chi connectivity index (χ3v) is 5.30. The number of nitrogens with zero attached hydrogens (tertiary/aromatic N) is 3. The molecule has 1 aliphatic heterocycles. The van der Waals surface area contributed by atoms with Gasteiger partial charge in [0.2, 0.25) is 0 Å². The molecule has 3 N–H and O–H groups in total. The minimum absolute atomic E-state index is 0.0318. The van der Waals surface area contributed by atoms with Crippen LogP contribution in [-0.2, 0) is 26.8 Å². The van der Waals surface area contributed by atoms with Crippen LogP contribution in [0.15, 0.2) is 12.3 Å². The molecule has 0 saturated carbocycles. The standard InChI is InChI=1S/C12H18N4O6S/c1-15-8(5-6-13-15)10(12(19)20)14-23(21,22)16-7-3-2-4-9(16)11(17)18/h5-6,9-10,14H,2-4,7H2,1H3,(H,17,18)(H,19,20). The fourth-order valence-electron chi connectivity index (χ4n) is 2.56. The van der Waals surface area contributed by atoms with Crippen LogP contribution in [0.1, 0.15) is 31.0 Å². The molecule has 1 aromatic heterocycles. The van der Waals surface area contributed by atoms with Crippen molar-refractivity contribution in [2.24, 2.45) is 7.05 Å². The fraction of sp³-hybridized carbons (Fsp3) is 0.583. The Morgan fingerprint density at radius 1 is 1.39 bits per heavy atom. The number of piperidine rings is 1. The number of carboxylic acid groups (broad SMARTS) is 2. The zero-order valence-electron chi connectivity index (χ0n) is 12.4. The zero-order chi connectivity index (χ0) is 17.2. The van der Waals surface area contributed by atoms with Gasteiger partial charge in [0, 0.05) is 19.8 Å². The Morgan fingerprint density at radius 2 is 2.09 bits per heavy atom. The van der Waals surface area contributed by atoms with Gasteiger partial charge >= 0.3 is 11.9 Å². The van der Waals surface area contributed by atoms with Gasteiger partial charge in [-0.1, -0.05) is 0 Å². The molecule has 2 atom stereocenters. The molecular weight excluding hydrogens is 328 g/mol. The lowest BCUT2D eigenvalue weighted by molar-refractivity contribution is -0.142. The molecule has 10 nitrogen and oxygen atoms in total. The van der Waals surface area contributed by atoms with Crippen LogP contribution in [0, 0.1) is 0 Å². The minimum atomic E-state index is -4.28. The molecule has 2 heterocycles. The van der Waals surface area contributed by atoms with Crippen LogP contribution in [-0.4, -0.2) is 57.2 Å². The Balaban J connectivity index is 2.29. The predicted octanol–water partition coefficient (Wildman–Crippen LogP) is -0.681. The van der Waals surface area contributed by atoms with Crippen molar-refractivity contribution in [1.82, 2.24) is 18.8 Å². The van der Waals surface area contributed by atoms with Gasteiger partial charge in [-0.2, -0.15) is 22.5 Å². The molecule has 0 aromatic carbocycles. The molecule has 0 aliphatic carbocycles. The number of nitrogens with one attached hydrogen (secondary N) is 1. The lowest BCUT2D eigenvalue weighted by atomic mass is 10.1. The van der Waals surface area contributed by atoms with Gasteiger partial charge in [0.15, 0.2) is 6.04 Å². The number of hydrogen-bond donors (Lipinski definition) is 3. The average molecular weight is 346 g/mol. The van der Waals surface area contributed by atoms with Crippen molar-refractivity contribution in [1.29, 1.82) is 0 Å². The fourth-order valence-corrected chi connectivity index (χ4v) is 4.12. The van der Waals surface area contributed by atoms with Crippen molar-refractivity contribution in [3.05, 3.63) is 18.0 Å². The number of aryl methyl sites for hydroxylation is 1. The van der Waals surface area contributed by atoms with E-state index in [0.717, 1.165) is 4.31 Å². The summed E-state index contributed by atoms with van der Waals surface area (Å²) in [5, 5.41) is 22.3. The van der Waals surface area contributed by atoms with Gasteiger partial charge in [-0.3, -0.25) is 14.3 Å². The highest BCUT2D eigenvalue weighted by molar-refractivity contribution is 7.87. The second-order valence-electron chi connectivity index (χ2n) is 5.23. The number of aliphatic carboxylic acids is 2. The molecule has 1 saturated heterocycles. The second-order valence-corrected chi connectivity index (χ2v) is 6.89. The Labute approximate surface area is 132 Å². The van der Waals surface area contributed by atoms with Gasteiger partial charge in [0.25, 0.3) is 10.2 Å². The van der Waals surface area contributed by atoms with Gasteiger partial charge in [-0.15, -0.1) is 0 Å². The summed E-state index contributed by atoms with van der Waals surface area (Å²) in [6.07, 6.45) is 2.67. The smallest absolute Gasteiger partial charge is 0.327 e. The molecule has 0 spiro atoms. The zero-order valence-corrected chi connectivity index (χ0v) is 13.2. The lowest BCUT2D eigenvalue weighted by Crippen LogP contribution is -2.53. The van der Waals surface area contributed by atoms with E-state index < -0.39 is 34.2 Å². The maximum atomic E-state index is 12.5. The molecule has 2 unspecified atom stereocenters. The molecule has 0 bridgehead atoms. The third-order valence-electron chi connectivity index (χ3n) is 3.72. The van der Waals surface area contributed by atoms with Gasteiger partial charge in [-0.25, -0.2) is 0 Å². The summed E-state index contributed by atoms with van der Waals surface area (Å²) >= 11 is 0. The van der Waals surface area contributed by atoms with E-state index in [-0.39, 0.29) is 18.7 Å². The van der Waals surface area contributed by atoms with Crippen molar-refractivity contribution < 1.29 is 28.2 Å². The van der Waals surface area contributed by atoms with Crippen molar-refractivity contribution in [3.63, 3.8) is 0 Å². The first kappa shape index (κ1) is 17.4. The molecule has 0 amide bonds. The predicted molar refractivity (Wildman–Crippen MR) is 77.6 cm³/mol. The maximum absolute atomic E-state index is 12.5. The van der Waals surface area contributed by atoms with E-state index in [1.54, 1.807) is 0 Å². The number of hydrogen-bond acceptors (Lipinski definition) is 5. The molecule has 1 aliphatic rings. The van der Waals surface area contributed by atoms with Gasteiger partial charge in [-0.05, 0) is 25.3 Å². The van der Waals surface area contributed by atoms with Crippen molar-refractivity contribution in [3.8, 4) is 0 Å². The van der Waals surface area contributed by atoms with Gasteiger partial charge in [0.05, 0.1) is 5.69 Å². The van der Waals surface area contributed by atoms with E-state index in [4.69, 9.17) is 0 Å². The minimum Gasteiger partial charge on any atom is -0.480 e. The first-order chi connectivity index (χ1) is 10.7. The molecule has 128 valence electrons. The molecule has 0 radical (unpaired) electrons. The molecule has 11 heteroatoms. The number of carboxylic acids is 2. The summed E-state index contributed by atoms with van der Waals surface area (Å²) in [5.74, 6) is -2.65. The number of carbonyl (C=O) groups is 2. The summed E-state index contributed by atoms with van der Waals surface area (Å²) in [5.41, 5.74) is 0.143. The van der Waals surface area contributed by atoms with Crippen molar-refractivity contribution in [2.45, 2.75) is 31.3 Å². The van der Waals surface area contributed by atoms with E-state index in [2.05, 4.69) is 9.82 Å². The van der Waals surface area contributed by atoms with Crippen molar-refractivity contribution >= 4 is 22.1 Å². The van der Waals surface area contributed by atoms with Crippen LogP contribution in [0.3, 0.4) is 0 Å². The van der Waals surface area contributed by atoms with Crippen molar-refractivity contribution in [2.75, 3.05) is 6.54 Å². The van der Waals surface area contributed by atoms with Crippen LogP contribution in [0.2, 0.25) is 0 Å². The highest BCUT2D eigenvalue weighted by Crippen LogP contribution is 2.22. The molecule has 23 heavy (non-hydrogen) atoms. The second kappa shape index (κ2) is 6.64. The van der Waals surface area contributed by atoms with Crippen LogP contribution >= 0.6 is 0 Å². The summed E-state index contributed by atoms with van der Waals surface area (Å²) in [6, 6.07) is -1.36. The Bertz CT molecular complexity index is 700. The molecule has 1 aromatic rings. The van der Waals surface area contributed by atoms with E-state index in [1.165, 1.54) is 24.0 Å². The van der Waals surface area contributed by atoms with E-state index in [9.17, 15) is 28.2 Å².